The number of rotatable bonds is 2. The van der Waals surface area contributed by atoms with E-state index in [1.54, 1.807) is 0 Å². The molecule has 0 saturated carbocycles. The predicted octanol–water partition coefficient (Wildman–Crippen LogP) is 2.82. The second-order valence-electron chi connectivity index (χ2n) is 2.45. The summed E-state index contributed by atoms with van der Waals surface area (Å²) in [5.74, 6) is -7.44. The van der Waals surface area contributed by atoms with Crippen LogP contribution in [0.1, 0.15) is 5.56 Å². The minimum Gasteiger partial charge on any atom is -0.274 e. The molecule has 14 heavy (non-hydrogen) atoms. The second-order valence-corrected chi connectivity index (χ2v) is 2.79. The van der Waals surface area contributed by atoms with E-state index in [2.05, 4.69) is 11.6 Å². The van der Waals surface area contributed by atoms with Gasteiger partial charge < -0.3 is 0 Å². The maximum Gasteiger partial charge on any atom is 0.348 e. The van der Waals surface area contributed by atoms with Crippen molar-refractivity contribution in [3.63, 3.8) is 0 Å². The molecule has 0 fully saturated rings. The van der Waals surface area contributed by atoms with Gasteiger partial charge in [0.1, 0.15) is 0 Å². The maximum atomic E-state index is 12.8. The van der Waals surface area contributed by atoms with Crippen LogP contribution in [-0.2, 0) is 10.7 Å². The van der Waals surface area contributed by atoms with Crippen molar-refractivity contribution in [2.24, 2.45) is 0 Å². The van der Waals surface area contributed by atoms with E-state index >= 15 is 0 Å². The van der Waals surface area contributed by atoms with Crippen LogP contribution < -0.4 is 0 Å². The number of hydrogen-bond donors (Lipinski definition) is 0. The molecule has 0 radical (unpaired) electrons. The SMILES string of the molecule is O=C(Cl)C(F)(F)c1cccc(F)c1F. The highest BCUT2D eigenvalue weighted by atomic mass is 35.5. The Balaban J connectivity index is 3.33. The molecule has 0 aliphatic carbocycles. The van der Waals surface area contributed by atoms with Crippen molar-refractivity contribution in [2.45, 2.75) is 5.92 Å². The standard InChI is InChI=1S/C8H3ClF4O/c9-7(14)8(12,13)4-2-1-3-5(10)6(4)11/h1-3H. The molecular weight excluding hydrogens is 224 g/mol. The summed E-state index contributed by atoms with van der Waals surface area (Å²) < 4.78 is 51.0. The highest BCUT2D eigenvalue weighted by molar-refractivity contribution is 6.65. The Morgan fingerprint density at radius 1 is 1.29 bits per heavy atom. The normalized spacial score (nSPS) is 11.5. The topological polar surface area (TPSA) is 17.1 Å². The average molecular weight is 227 g/mol. The van der Waals surface area contributed by atoms with Crippen molar-refractivity contribution in [2.75, 3.05) is 0 Å². The number of carbonyl (C=O) groups is 1. The Hall–Kier alpha value is -1.10. The first-order valence-electron chi connectivity index (χ1n) is 3.39. The van der Waals surface area contributed by atoms with E-state index in [1.807, 2.05) is 0 Å². The van der Waals surface area contributed by atoms with Crippen LogP contribution in [0.5, 0.6) is 0 Å². The van der Waals surface area contributed by atoms with E-state index in [-0.39, 0.29) is 0 Å². The van der Waals surface area contributed by atoms with Crippen LogP contribution in [0.3, 0.4) is 0 Å². The van der Waals surface area contributed by atoms with Crippen molar-refractivity contribution < 1.29 is 22.4 Å². The van der Waals surface area contributed by atoms with E-state index in [9.17, 15) is 22.4 Å². The van der Waals surface area contributed by atoms with Gasteiger partial charge in [-0.1, -0.05) is 6.07 Å². The molecule has 1 nitrogen and oxygen atoms in total. The van der Waals surface area contributed by atoms with Gasteiger partial charge in [0.2, 0.25) is 0 Å². The van der Waals surface area contributed by atoms with E-state index in [0.29, 0.717) is 12.1 Å². The molecule has 0 aliphatic heterocycles. The van der Waals surface area contributed by atoms with Crippen molar-refractivity contribution in [1.82, 2.24) is 0 Å². The van der Waals surface area contributed by atoms with Crippen LogP contribution in [0.4, 0.5) is 17.6 Å². The van der Waals surface area contributed by atoms with E-state index in [0.717, 1.165) is 6.07 Å². The zero-order valence-corrected chi connectivity index (χ0v) is 7.29. The molecule has 0 unspecified atom stereocenters. The molecule has 0 atom stereocenters. The Labute approximate surface area is 81.3 Å². The Morgan fingerprint density at radius 2 is 1.86 bits per heavy atom. The summed E-state index contributed by atoms with van der Waals surface area (Å²) in [6.45, 7) is 0. The first-order valence-corrected chi connectivity index (χ1v) is 3.77. The summed E-state index contributed by atoms with van der Waals surface area (Å²) in [5.41, 5.74) is -1.36. The molecule has 0 aliphatic rings. The summed E-state index contributed by atoms with van der Waals surface area (Å²) in [4.78, 5) is 10.3. The van der Waals surface area contributed by atoms with Gasteiger partial charge in [-0.15, -0.1) is 0 Å². The molecule has 0 aromatic heterocycles. The number of benzene rings is 1. The van der Waals surface area contributed by atoms with Gasteiger partial charge in [0.15, 0.2) is 11.6 Å². The lowest BCUT2D eigenvalue weighted by Gasteiger charge is -2.12. The molecule has 0 amide bonds. The van der Waals surface area contributed by atoms with E-state index < -0.39 is 28.4 Å². The number of alkyl halides is 2. The van der Waals surface area contributed by atoms with Gasteiger partial charge in [0.25, 0.3) is 5.24 Å². The van der Waals surface area contributed by atoms with Crippen LogP contribution in [0.15, 0.2) is 18.2 Å². The molecule has 0 spiro atoms. The maximum absolute atomic E-state index is 12.8. The zero-order chi connectivity index (χ0) is 10.9. The third kappa shape index (κ3) is 1.72. The minimum atomic E-state index is -4.21. The fourth-order valence-electron chi connectivity index (χ4n) is 0.852. The monoisotopic (exact) mass is 226 g/mol. The third-order valence-electron chi connectivity index (χ3n) is 1.54. The zero-order valence-electron chi connectivity index (χ0n) is 6.53. The largest absolute Gasteiger partial charge is 0.348 e. The highest BCUT2D eigenvalue weighted by Crippen LogP contribution is 2.32. The van der Waals surface area contributed by atoms with Crippen molar-refractivity contribution in [3.8, 4) is 0 Å². The molecule has 1 aromatic rings. The molecule has 1 aromatic carbocycles. The van der Waals surface area contributed by atoms with Gasteiger partial charge in [-0.25, -0.2) is 8.78 Å². The van der Waals surface area contributed by atoms with Crippen molar-refractivity contribution in [3.05, 3.63) is 35.4 Å². The van der Waals surface area contributed by atoms with Gasteiger partial charge in [0, 0.05) is 0 Å². The number of halogens is 5. The first kappa shape index (κ1) is 11.0. The first-order chi connectivity index (χ1) is 6.37. The molecule has 0 heterocycles. The van der Waals surface area contributed by atoms with Gasteiger partial charge in [-0.05, 0) is 23.7 Å². The fraction of sp³-hybridized carbons (Fsp3) is 0.125. The van der Waals surface area contributed by atoms with Crippen LogP contribution in [0.2, 0.25) is 0 Å². The van der Waals surface area contributed by atoms with Gasteiger partial charge >= 0.3 is 5.92 Å². The molecule has 6 heteroatoms. The molecule has 0 bridgehead atoms. The second kappa shape index (κ2) is 3.57. The van der Waals surface area contributed by atoms with Crippen LogP contribution in [-0.4, -0.2) is 5.24 Å². The Kier molecular flexibility index (Phi) is 2.80. The molecule has 0 saturated heterocycles. The van der Waals surface area contributed by atoms with Gasteiger partial charge in [-0.2, -0.15) is 8.78 Å². The summed E-state index contributed by atoms with van der Waals surface area (Å²) in [6, 6.07) is 2.12. The molecular formula is C8H3ClF4O. The van der Waals surface area contributed by atoms with Gasteiger partial charge in [-0.3, -0.25) is 4.79 Å². The van der Waals surface area contributed by atoms with E-state index in [4.69, 9.17) is 0 Å². The van der Waals surface area contributed by atoms with Crippen molar-refractivity contribution >= 4 is 16.8 Å². The lowest BCUT2D eigenvalue weighted by molar-refractivity contribution is -0.135. The predicted molar refractivity (Wildman–Crippen MR) is 41.1 cm³/mol. The Bertz CT molecular complexity index is 378. The molecule has 76 valence electrons. The average Bonchev–Trinajstić information content (AvgIpc) is 2.09. The molecule has 0 N–H and O–H groups in total. The van der Waals surface area contributed by atoms with Crippen LogP contribution >= 0.6 is 11.6 Å². The summed E-state index contributed by atoms with van der Waals surface area (Å²) in [7, 11) is 0. The van der Waals surface area contributed by atoms with E-state index in [1.165, 1.54) is 0 Å². The summed E-state index contributed by atoms with van der Waals surface area (Å²) >= 11 is 4.55. The smallest absolute Gasteiger partial charge is 0.274 e. The third-order valence-corrected chi connectivity index (χ3v) is 1.77. The molecule has 1 rings (SSSR count). The quantitative estimate of drug-likeness (QED) is 0.560. The number of hydrogen-bond acceptors (Lipinski definition) is 1. The lowest BCUT2D eigenvalue weighted by atomic mass is 10.1. The highest BCUT2D eigenvalue weighted by Gasteiger charge is 2.42. The fourth-order valence-corrected chi connectivity index (χ4v) is 0.954. The summed E-state index contributed by atoms with van der Waals surface area (Å²) in [6.07, 6.45) is 0. The van der Waals surface area contributed by atoms with Crippen LogP contribution in [0.25, 0.3) is 0 Å². The van der Waals surface area contributed by atoms with Gasteiger partial charge in [0.05, 0.1) is 5.56 Å². The lowest BCUT2D eigenvalue weighted by Crippen LogP contribution is -2.23. The number of carbonyl (C=O) groups excluding carboxylic acids is 1. The Morgan fingerprint density at radius 3 is 2.36 bits per heavy atom. The summed E-state index contributed by atoms with van der Waals surface area (Å²) in [5, 5.41) is -2.05. The minimum absolute atomic E-state index is 0.596. The van der Waals surface area contributed by atoms with Crippen LogP contribution in [0, 0.1) is 11.6 Å². The van der Waals surface area contributed by atoms with Crippen molar-refractivity contribution in [1.29, 1.82) is 0 Å².